The average Bonchev–Trinajstić information content (AvgIpc) is 2.73. The summed E-state index contributed by atoms with van der Waals surface area (Å²) < 4.78 is 0. The van der Waals surface area contributed by atoms with Crippen molar-refractivity contribution < 1.29 is 9.59 Å². The van der Waals surface area contributed by atoms with Crippen LogP contribution in [0.1, 0.15) is 42.8 Å². The molecule has 4 aliphatic rings. The van der Waals surface area contributed by atoms with Gasteiger partial charge in [-0.2, -0.15) is 0 Å². The molecular weight excluding hydrogens is 368 g/mol. The number of hydrogen-bond donors (Lipinski definition) is 2. The van der Waals surface area contributed by atoms with Crippen molar-refractivity contribution in [3.05, 3.63) is 23.3 Å². The fraction of sp³-hybridized carbons (Fsp3) is 0.714. The first-order valence-electron chi connectivity index (χ1n) is 10.9. The molecule has 8 nitrogen and oxygen atoms in total. The molecule has 1 aromatic rings. The van der Waals surface area contributed by atoms with Gasteiger partial charge in [0.05, 0.1) is 6.54 Å². The Morgan fingerprint density at radius 3 is 3.07 bits per heavy atom. The zero-order valence-corrected chi connectivity index (χ0v) is 17.1. The molecule has 2 amide bonds. The number of fused-ring (bicyclic) bond motifs is 5. The summed E-state index contributed by atoms with van der Waals surface area (Å²) in [4.78, 5) is 39.3. The monoisotopic (exact) mass is 398 g/mol. The van der Waals surface area contributed by atoms with Gasteiger partial charge in [0, 0.05) is 61.9 Å². The number of carbonyl (C=O) groups is 2. The summed E-state index contributed by atoms with van der Waals surface area (Å²) >= 11 is 0. The molecule has 0 unspecified atom stereocenters. The quantitative estimate of drug-likeness (QED) is 0.749. The molecule has 0 spiro atoms. The highest BCUT2D eigenvalue weighted by Gasteiger charge is 2.50. The maximum Gasteiger partial charge on any atom is 0.243 e. The van der Waals surface area contributed by atoms with Crippen LogP contribution in [-0.4, -0.2) is 70.3 Å². The molecule has 0 saturated carbocycles. The molecule has 1 aromatic heterocycles. The molecule has 4 aliphatic heterocycles. The summed E-state index contributed by atoms with van der Waals surface area (Å²) in [6.45, 7) is 3.94. The first-order chi connectivity index (χ1) is 14.1. The Morgan fingerprint density at radius 1 is 1.31 bits per heavy atom. The molecule has 0 aliphatic carbocycles. The number of aromatic nitrogens is 2. The van der Waals surface area contributed by atoms with Gasteiger partial charge in [0.15, 0.2) is 0 Å². The lowest BCUT2D eigenvalue weighted by Crippen LogP contribution is -2.67. The van der Waals surface area contributed by atoms with E-state index in [1.54, 1.807) is 0 Å². The molecule has 8 heteroatoms. The third-order valence-electron chi connectivity index (χ3n) is 7.11. The molecule has 156 valence electrons. The lowest BCUT2D eigenvalue weighted by molar-refractivity contribution is -0.157. The van der Waals surface area contributed by atoms with E-state index in [2.05, 4.69) is 32.5 Å². The average molecular weight is 399 g/mol. The van der Waals surface area contributed by atoms with Crippen LogP contribution in [0.25, 0.3) is 0 Å². The maximum atomic E-state index is 13.2. The first kappa shape index (κ1) is 18.9. The van der Waals surface area contributed by atoms with E-state index in [0.29, 0.717) is 24.7 Å². The number of likely N-dealkylation sites (N-methyl/N-ethyl adjacent to an activating group) is 1. The second-order valence-electron chi connectivity index (χ2n) is 9.08. The number of nitrogens with one attached hydrogen (secondary N) is 2. The fourth-order valence-electron chi connectivity index (χ4n) is 5.71. The molecular formula is C21H30N6O2. The van der Waals surface area contributed by atoms with Gasteiger partial charge in [0.1, 0.15) is 11.9 Å². The van der Waals surface area contributed by atoms with E-state index in [9.17, 15) is 9.59 Å². The minimum atomic E-state index is -0.372. The van der Waals surface area contributed by atoms with E-state index in [1.165, 1.54) is 5.56 Å². The Balaban J connectivity index is 1.30. The number of rotatable bonds is 3. The van der Waals surface area contributed by atoms with Crippen LogP contribution in [0.15, 0.2) is 6.20 Å². The predicted molar refractivity (Wildman–Crippen MR) is 107 cm³/mol. The van der Waals surface area contributed by atoms with Crippen LogP contribution in [0.4, 0.5) is 0 Å². The Kier molecular flexibility index (Phi) is 4.99. The standard InChI is InChI=1S/C21H30N6O2/c1-26-6-5-16-15(12-26)10-23-18(25-16)11-24-21(29)20-14-7-13(8-22-9-14)17-3-2-4-19(28)27(17)20/h10,13-14,17,20,22H,2-9,11-12H2,1H3,(H,24,29)/t13-,14+,17+,20-/m1/s1. The van der Waals surface area contributed by atoms with Crippen molar-refractivity contribution in [1.82, 2.24) is 30.4 Å². The third kappa shape index (κ3) is 3.53. The van der Waals surface area contributed by atoms with E-state index >= 15 is 0 Å². The molecule has 3 fully saturated rings. The summed E-state index contributed by atoms with van der Waals surface area (Å²) in [5.74, 6) is 1.40. The Labute approximate surface area is 171 Å². The number of piperidine rings is 3. The smallest absolute Gasteiger partial charge is 0.243 e. The van der Waals surface area contributed by atoms with Crippen LogP contribution in [-0.2, 0) is 29.1 Å². The summed E-state index contributed by atoms with van der Waals surface area (Å²) in [5.41, 5.74) is 2.26. The molecule has 5 rings (SSSR count). The Morgan fingerprint density at radius 2 is 2.17 bits per heavy atom. The van der Waals surface area contributed by atoms with Crippen LogP contribution < -0.4 is 10.6 Å². The molecule has 0 radical (unpaired) electrons. The second kappa shape index (κ2) is 7.65. The van der Waals surface area contributed by atoms with Gasteiger partial charge in [-0.25, -0.2) is 9.97 Å². The van der Waals surface area contributed by atoms with Crippen LogP contribution in [0.3, 0.4) is 0 Å². The van der Waals surface area contributed by atoms with Gasteiger partial charge in [-0.1, -0.05) is 0 Å². The number of hydrogen-bond acceptors (Lipinski definition) is 6. The lowest BCUT2D eigenvalue weighted by atomic mass is 9.72. The molecule has 2 bridgehead atoms. The van der Waals surface area contributed by atoms with Crippen molar-refractivity contribution in [2.45, 2.75) is 57.3 Å². The van der Waals surface area contributed by atoms with Crippen molar-refractivity contribution in [2.24, 2.45) is 11.8 Å². The van der Waals surface area contributed by atoms with Gasteiger partial charge in [0.2, 0.25) is 11.8 Å². The highest BCUT2D eigenvalue weighted by molar-refractivity contribution is 5.89. The van der Waals surface area contributed by atoms with Crippen molar-refractivity contribution in [3.63, 3.8) is 0 Å². The molecule has 0 aromatic carbocycles. The molecule has 4 atom stereocenters. The second-order valence-corrected chi connectivity index (χ2v) is 9.08. The van der Waals surface area contributed by atoms with Gasteiger partial charge in [-0.05, 0) is 38.8 Å². The minimum absolute atomic E-state index is 0.0570. The topological polar surface area (TPSA) is 90.5 Å². The zero-order chi connectivity index (χ0) is 20.0. The number of carbonyl (C=O) groups excluding carboxylic acids is 2. The molecule has 2 N–H and O–H groups in total. The normalized spacial score (nSPS) is 31.8. The summed E-state index contributed by atoms with van der Waals surface area (Å²) in [6, 6.07) is -0.170. The lowest BCUT2D eigenvalue weighted by Gasteiger charge is -2.53. The van der Waals surface area contributed by atoms with Crippen molar-refractivity contribution in [3.8, 4) is 0 Å². The van der Waals surface area contributed by atoms with E-state index < -0.39 is 0 Å². The fourth-order valence-corrected chi connectivity index (χ4v) is 5.71. The summed E-state index contributed by atoms with van der Waals surface area (Å²) in [6.07, 6.45) is 6.35. The van der Waals surface area contributed by atoms with E-state index in [-0.39, 0.29) is 29.8 Å². The minimum Gasteiger partial charge on any atom is -0.347 e. The summed E-state index contributed by atoms with van der Waals surface area (Å²) in [5, 5.41) is 6.53. The number of nitrogens with zero attached hydrogens (tertiary/aromatic N) is 4. The van der Waals surface area contributed by atoms with E-state index in [4.69, 9.17) is 0 Å². The van der Waals surface area contributed by atoms with Gasteiger partial charge in [0.25, 0.3) is 0 Å². The van der Waals surface area contributed by atoms with Gasteiger partial charge >= 0.3 is 0 Å². The first-order valence-corrected chi connectivity index (χ1v) is 10.9. The van der Waals surface area contributed by atoms with Crippen LogP contribution in [0, 0.1) is 11.8 Å². The molecule has 29 heavy (non-hydrogen) atoms. The van der Waals surface area contributed by atoms with Gasteiger partial charge < -0.3 is 20.4 Å². The molecule has 3 saturated heterocycles. The molecule has 5 heterocycles. The zero-order valence-electron chi connectivity index (χ0n) is 17.1. The van der Waals surface area contributed by atoms with E-state index in [1.807, 2.05) is 11.1 Å². The third-order valence-corrected chi connectivity index (χ3v) is 7.11. The van der Waals surface area contributed by atoms with Gasteiger partial charge in [-0.15, -0.1) is 0 Å². The van der Waals surface area contributed by atoms with Crippen molar-refractivity contribution in [2.75, 3.05) is 26.7 Å². The Bertz CT molecular complexity index is 814. The predicted octanol–water partition coefficient (Wildman–Crippen LogP) is 0.0697. The van der Waals surface area contributed by atoms with Crippen LogP contribution in [0.5, 0.6) is 0 Å². The van der Waals surface area contributed by atoms with Crippen LogP contribution >= 0.6 is 0 Å². The Hall–Kier alpha value is -2.06. The van der Waals surface area contributed by atoms with E-state index in [0.717, 1.165) is 57.6 Å². The largest absolute Gasteiger partial charge is 0.347 e. The van der Waals surface area contributed by atoms with Gasteiger partial charge in [-0.3, -0.25) is 9.59 Å². The maximum absolute atomic E-state index is 13.2. The van der Waals surface area contributed by atoms with Crippen molar-refractivity contribution in [1.29, 1.82) is 0 Å². The van der Waals surface area contributed by atoms with Crippen molar-refractivity contribution >= 4 is 11.8 Å². The SMILES string of the molecule is CN1CCc2nc(CNC(=O)[C@H]3[C@@H]4CNC[C@@H](C4)[C@@H]4CCCC(=O)N43)ncc2C1. The highest BCUT2D eigenvalue weighted by atomic mass is 16.2. The highest BCUT2D eigenvalue weighted by Crippen LogP contribution is 2.39. The van der Waals surface area contributed by atoms with Crippen LogP contribution in [0.2, 0.25) is 0 Å². The summed E-state index contributed by atoms with van der Waals surface area (Å²) in [7, 11) is 2.10. The number of amides is 2.